The summed E-state index contributed by atoms with van der Waals surface area (Å²) in [5.74, 6) is 0.187. The molecule has 1 unspecified atom stereocenters. The van der Waals surface area contributed by atoms with E-state index in [-0.39, 0.29) is 18.2 Å². The van der Waals surface area contributed by atoms with Crippen LogP contribution in [0.15, 0.2) is 48.0 Å². The maximum absolute atomic E-state index is 13.1. The molecular formula is C19H20F3N3O2. The van der Waals surface area contributed by atoms with Gasteiger partial charge in [0.2, 0.25) is 11.8 Å². The lowest BCUT2D eigenvalue weighted by Gasteiger charge is -2.29. The van der Waals surface area contributed by atoms with Gasteiger partial charge in [0.15, 0.2) is 0 Å². The van der Waals surface area contributed by atoms with Gasteiger partial charge in [-0.2, -0.15) is 13.2 Å². The van der Waals surface area contributed by atoms with Crippen LogP contribution < -0.4 is 10.7 Å². The SMILES string of the molecule is CC.COC1=CC=C(c2ccc3c(c2)CC(=O)N3)C2=CC(C(F)(F)F)NN12. The van der Waals surface area contributed by atoms with Crippen LogP contribution in [0.5, 0.6) is 0 Å². The van der Waals surface area contributed by atoms with Crippen molar-refractivity contribution in [2.45, 2.75) is 32.5 Å². The number of halogens is 3. The highest BCUT2D eigenvalue weighted by atomic mass is 19.4. The molecule has 0 saturated heterocycles. The second-order valence-electron chi connectivity index (χ2n) is 5.92. The summed E-state index contributed by atoms with van der Waals surface area (Å²) >= 11 is 0. The Labute approximate surface area is 155 Å². The van der Waals surface area contributed by atoms with Crippen molar-refractivity contribution in [1.29, 1.82) is 0 Å². The smallest absolute Gasteiger partial charge is 0.409 e. The second kappa shape index (κ2) is 7.11. The van der Waals surface area contributed by atoms with Crippen LogP contribution in [0.1, 0.15) is 25.0 Å². The summed E-state index contributed by atoms with van der Waals surface area (Å²) in [5.41, 5.74) is 5.71. The first-order chi connectivity index (χ1) is 12.9. The number of nitrogens with one attached hydrogen (secondary N) is 2. The van der Waals surface area contributed by atoms with Crippen molar-refractivity contribution in [3.05, 3.63) is 59.1 Å². The molecule has 2 N–H and O–H groups in total. The molecule has 0 aliphatic carbocycles. The Morgan fingerprint density at radius 3 is 2.63 bits per heavy atom. The largest absolute Gasteiger partial charge is 0.481 e. The molecule has 144 valence electrons. The number of ether oxygens (including phenoxy) is 1. The number of carbonyl (C=O) groups is 1. The average Bonchev–Trinajstić information content (AvgIpc) is 3.24. The van der Waals surface area contributed by atoms with E-state index in [0.717, 1.165) is 22.9 Å². The van der Waals surface area contributed by atoms with Gasteiger partial charge >= 0.3 is 6.18 Å². The fraction of sp³-hybridized carbons (Fsp3) is 0.316. The topological polar surface area (TPSA) is 53.6 Å². The third-order valence-electron chi connectivity index (χ3n) is 4.33. The van der Waals surface area contributed by atoms with Crippen molar-refractivity contribution in [3.63, 3.8) is 0 Å². The zero-order valence-electron chi connectivity index (χ0n) is 15.1. The summed E-state index contributed by atoms with van der Waals surface area (Å²) in [7, 11) is 1.40. The van der Waals surface area contributed by atoms with Gasteiger partial charge in [-0.25, -0.2) is 10.4 Å². The van der Waals surface area contributed by atoms with E-state index in [1.807, 2.05) is 19.9 Å². The van der Waals surface area contributed by atoms with Gasteiger partial charge in [0.25, 0.3) is 0 Å². The molecule has 0 saturated carbocycles. The molecular weight excluding hydrogens is 359 g/mol. The zero-order valence-corrected chi connectivity index (χ0v) is 15.1. The first-order valence-electron chi connectivity index (χ1n) is 8.61. The Balaban J connectivity index is 0.00000102. The maximum atomic E-state index is 13.1. The predicted octanol–water partition coefficient (Wildman–Crippen LogP) is 3.73. The van der Waals surface area contributed by atoms with Crippen LogP contribution in [0.4, 0.5) is 18.9 Å². The van der Waals surface area contributed by atoms with E-state index in [4.69, 9.17) is 4.74 Å². The van der Waals surface area contributed by atoms with Crippen LogP contribution in [0.2, 0.25) is 0 Å². The monoisotopic (exact) mass is 379 g/mol. The van der Waals surface area contributed by atoms with Crippen molar-refractivity contribution >= 4 is 17.2 Å². The highest BCUT2D eigenvalue weighted by molar-refractivity contribution is 5.99. The van der Waals surface area contributed by atoms with Crippen LogP contribution >= 0.6 is 0 Å². The number of hydrazine groups is 1. The number of fused-ring (bicyclic) bond motifs is 2. The van der Waals surface area contributed by atoms with Crippen LogP contribution in [-0.2, 0) is 16.0 Å². The number of benzene rings is 1. The number of hydrogen-bond donors (Lipinski definition) is 2. The number of methoxy groups -OCH3 is 1. The number of amides is 1. The molecule has 0 bridgehead atoms. The van der Waals surface area contributed by atoms with Gasteiger partial charge in [-0.1, -0.05) is 19.9 Å². The minimum atomic E-state index is -4.41. The number of rotatable bonds is 2. The molecule has 5 nitrogen and oxygen atoms in total. The third-order valence-corrected chi connectivity index (χ3v) is 4.33. The molecule has 1 amide bonds. The number of carbonyl (C=O) groups excluding carboxylic acids is 1. The zero-order chi connectivity index (χ0) is 19.8. The lowest BCUT2D eigenvalue weighted by molar-refractivity contribution is -0.149. The van der Waals surface area contributed by atoms with Crippen molar-refractivity contribution in [2.24, 2.45) is 0 Å². The lowest BCUT2D eigenvalue weighted by atomic mass is 9.97. The quantitative estimate of drug-likeness (QED) is 0.822. The molecule has 0 aromatic heterocycles. The van der Waals surface area contributed by atoms with Crippen LogP contribution in [0.3, 0.4) is 0 Å². The van der Waals surface area contributed by atoms with E-state index < -0.39 is 12.2 Å². The minimum Gasteiger partial charge on any atom is -0.481 e. The summed E-state index contributed by atoms with van der Waals surface area (Å²) in [6.45, 7) is 4.00. The van der Waals surface area contributed by atoms with Crippen LogP contribution in [0, 0.1) is 0 Å². The van der Waals surface area contributed by atoms with E-state index in [1.54, 1.807) is 24.3 Å². The number of nitrogens with zero attached hydrogens (tertiary/aromatic N) is 1. The van der Waals surface area contributed by atoms with Gasteiger partial charge in [0.05, 0.1) is 19.2 Å². The molecule has 1 aromatic carbocycles. The predicted molar refractivity (Wildman–Crippen MR) is 96.1 cm³/mol. The van der Waals surface area contributed by atoms with Crippen molar-refractivity contribution in [2.75, 3.05) is 12.4 Å². The Hall–Kier alpha value is -2.74. The van der Waals surface area contributed by atoms with Gasteiger partial charge < -0.3 is 10.1 Å². The standard InChI is InChI=1S/C17H14F3N3O2.C2H6/c1-25-16-5-3-11(13-8-14(17(18,19)20)22-23(13)16)9-2-4-12-10(6-9)7-15(24)21-12;1-2/h2-6,8,14,22H,7H2,1H3,(H,21,24);1-2H3. The van der Waals surface area contributed by atoms with Crippen molar-refractivity contribution in [1.82, 2.24) is 10.4 Å². The summed E-state index contributed by atoms with van der Waals surface area (Å²) < 4.78 is 44.5. The summed E-state index contributed by atoms with van der Waals surface area (Å²) in [6.07, 6.45) is 0.307. The van der Waals surface area contributed by atoms with E-state index in [1.165, 1.54) is 12.1 Å². The number of alkyl halides is 3. The van der Waals surface area contributed by atoms with Gasteiger partial charge in [-0.05, 0) is 35.4 Å². The Kier molecular flexibility index (Phi) is 5.01. The number of allylic oxidation sites excluding steroid dienone is 3. The summed E-state index contributed by atoms with van der Waals surface area (Å²) in [6, 6.07) is 3.58. The van der Waals surface area contributed by atoms with E-state index in [0.29, 0.717) is 11.3 Å². The molecule has 8 heteroatoms. The van der Waals surface area contributed by atoms with Crippen molar-refractivity contribution in [3.8, 4) is 0 Å². The summed E-state index contributed by atoms with van der Waals surface area (Å²) in [5, 5.41) is 4.04. The Morgan fingerprint density at radius 2 is 1.96 bits per heavy atom. The van der Waals surface area contributed by atoms with Gasteiger partial charge in [-0.3, -0.25) is 4.79 Å². The van der Waals surface area contributed by atoms with Gasteiger partial charge in [-0.15, -0.1) is 0 Å². The lowest BCUT2D eigenvalue weighted by Crippen LogP contribution is -2.44. The fourth-order valence-electron chi connectivity index (χ4n) is 3.15. The molecule has 0 fully saturated rings. The number of anilines is 1. The molecule has 3 heterocycles. The fourth-order valence-corrected chi connectivity index (χ4v) is 3.15. The third kappa shape index (κ3) is 3.44. The second-order valence-corrected chi connectivity index (χ2v) is 5.92. The van der Waals surface area contributed by atoms with Crippen LogP contribution in [-0.4, -0.2) is 30.2 Å². The van der Waals surface area contributed by atoms with Gasteiger partial charge in [0.1, 0.15) is 6.04 Å². The number of hydrogen-bond acceptors (Lipinski definition) is 4. The average molecular weight is 379 g/mol. The van der Waals surface area contributed by atoms with E-state index in [2.05, 4.69) is 10.7 Å². The molecule has 1 aromatic rings. The van der Waals surface area contributed by atoms with Crippen LogP contribution in [0.25, 0.3) is 5.57 Å². The molecule has 4 rings (SSSR count). The molecule has 3 aliphatic heterocycles. The Morgan fingerprint density at radius 1 is 1.22 bits per heavy atom. The minimum absolute atomic E-state index is 0.0909. The molecule has 1 atom stereocenters. The highest BCUT2D eigenvalue weighted by Gasteiger charge is 2.45. The molecule has 27 heavy (non-hydrogen) atoms. The highest BCUT2D eigenvalue weighted by Crippen LogP contribution is 2.39. The maximum Gasteiger partial charge on any atom is 0.409 e. The summed E-state index contributed by atoms with van der Waals surface area (Å²) in [4.78, 5) is 11.5. The van der Waals surface area contributed by atoms with E-state index in [9.17, 15) is 18.0 Å². The molecule has 0 spiro atoms. The normalized spacial score (nSPS) is 20.5. The van der Waals surface area contributed by atoms with E-state index >= 15 is 0 Å². The first-order valence-corrected chi connectivity index (χ1v) is 8.61. The first kappa shape index (κ1) is 19.0. The molecule has 3 aliphatic rings. The Bertz CT molecular complexity index is 856. The molecule has 0 radical (unpaired) electrons. The van der Waals surface area contributed by atoms with Gasteiger partial charge in [0, 0.05) is 17.3 Å². The van der Waals surface area contributed by atoms with Crippen molar-refractivity contribution < 1.29 is 22.7 Å².